The minimum Gasteiger partial charge on any atom is -0.273 e. The summed E-state index contributed by atoms with van der Waals surface area (Å²) in [5.41, 5.74) is -2.92. The molecule has 12 heteroatoms. The van der Waals surface area contributed by atoms with Crippen LogP contribution in [-0.4, -0.2) is 46.4 Å². The van der Waals surface area contributed by atoms with Crippen LogP contribution in [0.25, 0.3) is 0 Å². The Balaban J connectivity index is 2.38. The van der Waals surface area contributed by atoms with E-state index in [1.165, 1.54) is 6.92 Å². The summed E-state index contributed by atoms with van der Waals surface area (Å²) in [6.45, 7) is 1.36. The number of hydrogen-bond donors (Lipinski definition) is 0. The van der Waals surface area contributed by atoms with Gasteiger partial charge >= 0.3 is 0 Å². The van der Waals surface area contributed by atoms with E-state index in [1.54, 1.807) is 0 Å². The van der Waals surface area contributed by atoms with Gasteiger partial charge < -0.3 is 0 Å². The largest absolute Gasteiger partial charge is 0.288 e. The standard InChI is InChI=1S/C14H11F7N2OS2/c1-5-2-6(15)7(3-8(5)26-13(21)11(18)19)22-14-23(9(24)4-25-14)12(20)10(16)17/h2-3,10-13H,4H2,1H3/b22-14-. The lowest BCUT2D eigenvalue weighted by molar-refractivity contribution is -0.132. The Morgan fingerprint density at radius 3 is 2.38 bits per heavy atom. The molecule has 2 unspecified atom stereocenters. The summed E-state index contributed by atoms with van der Waals surface area (Å²) in [6.07, 6.45) is -9.71. The van der Waals surface area contributed by atoms with Crippen LogP contribution in [0.2, 0.25) is 0 Å². The molecule has 2 atom stereocenters. The smallest absolute Gasteiger partial charge is 0.273 e. The molecule has 1 aliphatic heterocycles. The molecule has 0 N–H and O–H groups in total. The van der Waals surface area contributed by atoms with Gasteiger partial charge in [-0.2, -0.15) is 0 Å². The average molecular weight is 420 g/mol. The van der Waals surface area contributed by atoms with Gasteiger partial charge in [0.25, 0.3) is 12.9 Å². The molecule has 1 amide bonds. The van der Waals surface area contributed by atoms with Crippen molar-refractivity contribution in [2.45, 2.75) is 36.5 Å². The summed E-state index contributed by atoms with van der Waals surface area (Å²) >= 11 is 0.760. The molecule has 3 nitrogen and oxygen atoms in total. The zero-order valence-corrected chi connectivity index (χ0v) is 14.6. The summed E-state index contributed by atoms with van der Waals surface area (Å²) in [4.78, 5) is 15.3. The summed E-state index contributed by atoms with van der Waals surface area (Å²) in [6, 6.07) is 1.83. The van der Waals surface area contributed by atoms with Crippen LogP contribution in [0.4, 0.5) is 36.4 Å². The molecule has 1 saturated heterocycles. The lowest BCUT2D eigenvalue weighted by atomic mass is 10.2. The van der Waals surface area contributed by atoms with Crippen molar-refractivity contribution in [1.82, 2.24) is 4.90 Å². The number of halogens is 7. The SMILES string of the molecule is Cc1cc(F)c(/N=C2\SCC(=O)N2C(F)C(F)F)cc1SC(F)C(F)F. The number of benzene rings is 1. The lowest BCUT2D eigenvalue weighted by Crippen LogP contribution is -2.41. The fraction of sp³-hybridized carbons (Fsp3) is 0.429. The molecular formula is C14H11F7N2OS2. The van der Waals surface area contributed by atoms with Gasteiger partial charge in [-0.15, -0.1) is 0 Å². The zero-order valence-electron chi connectivity index (χ0n) is 12.9. The van der Waals surface area contributed by atoms with Crippen molar-refractivity contribution in [1.29, 1.82) is 0 Å². The first-order valence-corrected chi connectivity index (χ1v) is 8.83. The van der Waals surface area contributed by atoms with Crippen LogP contribution >= 0.6 is 23.5 Å². The number of nitrogens with zero attached hydrogens (tertiary/aromatic N) is 2. The second kappa shape index (κ2) is 8.51. The molecule has 1 fully saturated rings. The van der Waals surface area contributed by atoms with Crippen molar-refractivity contribution >= 4 is 40.3 Å². The van der Waals surface area contributed by atoms with Crippen LogP contribution in [0.15, 0.2) is 22.0 Å². The molecule has 1 aromatic rings. The summed E-state index contributed by atoms with van der Waals surface area (Å²) in [5.74, 6) is -2.29. The number of amides is 1. The van der Waals surface area contributed by atoms with E-state index in [9.17, 15) is 35.5 Å². The minimum atomic E-state index is -3.49. The number of carbonyl (C=O) groups is 1. The number of aryl methyl sites for hydroxylation is 1. The van der Waals surface area contributed by atoms with Gasteiger partial charge in [-0.25, -0.2) is 35.7 Å². The maximum absolute atomic E-state index is 14.1. The molecule has 1 aliphatic rings. The third-order valence-electron chi connectivity index (χ3n) is 3.15. The van der Waals surface area contributed by atoms with Gasteiger partial charge in [-0.3, -0.25) is 9.69 Å². The van der Waals surface area contributed by atoms with Crippen LogP contribution in [0, 0.1) is 12.7 Å². The highest BCUT2D eigenvalue weighted by Gasteiger charge is 2.39. The van der Waals surface area contributed by atoms with E-state index in [0.29, 0.717) is 11.8 Å². The predicted octanol–water partition coefficient (Wildman–Crippen LogP) is 4.91. The quantitative estimate of drug-likeness (QED) is 0.373. The van der Waals surface area contributed by atoms with Crippen molar-refractivity contribution in [2.24, 2.45) is 4.99 Å². The fourth-order valence-corrected chi connectivity index (χ4v) is 3.61. The van der Waals surface area contributed by atoms with Gasteiger partial charge in [-0.1, -0.05) is 23.5 Å². The number of amidine groups is 1. The highest BCUT2D eigenvalue weighted by Crippen LogP contribution is 2.36. The molecule has 0 bridgehead atoms. The van der Waals surface area contributed by atoms with Gasteiger partial charge in [-0.05, 0) is 24.6 Å². The first kappa shape index (κ1) is 20.9. The number of carbonyl (C=O) groups excluding carboxylic acids is 1. The third kappa shape index (κ3) is 4.64. The highest BCUT2D eigenvalue weighted by molar-refractivity contribution is 8.15. The van der Waals surface area contributed by atoms with Crippen molar-refractivity contribution in [3.05, 3.63) is 23.5 Å². The van der Waals surface area contributed by atoms with Crippen LogP contribution in [0.3, 0.4) is 0 Å². The molecule has 0 spiro atoms. The third-order valence-corrected chi connectivity index (χ3v) is 5.21. The summed E-state index contributed by atoms with van der Waals surface area (Å²) in [7, 11) is 0. The average Bonchev–Trinajstić information content (AvgIpc) is 2.91. The number of aliphatic imine (C=N–C) groups is 1. The molecule has 0 saturated carbocycles. The van der Waals surface area contributed by atoms with Crippen LogP contribution < -0.4 is 0 Å². The number of hydrogen-bond acceptors (Lipinski definition) is 4. The van der Waals surface area contributed by atoms with Crippen LogP contribution in [-0.2, 0) is 4.79 Å². The molecular weight excluding hydrogens is 409 g/mol. The highest BCUT2D eigenvalue weighted by atomic mass is 32.2. The van der Waals surface area contributed by atoms with E-state index in [2.05, 4.69) is 4.99 Å². The number of alkyl halides is 6. The Hall–Kier alpha value is -1.43. The van der Waals surface area contributed by atoms with Crippen molar-refractivity contribution in [3.63, 3.8) is 0 Å². The van der Waals surface area contributed by atoms with Crippen molar-refractivity contribution in [3.8, 4) is 0 Å². The zero-order chi connectivity index (χ0) is 19.6. The van der Waals surface area contributed by atoms with E-state index in [4.69, 9.17) is 0 Å². The van der Waals surface area contributed by atoms with Gasteiger partial charge in [0.1, 0.15) is 11.5 Å². The Morgan fingerprint density at radius 2 is 1.81 bits per heavy atom. The van der Waals surface area contributed by atoms with Gasteiger partial charge in [0, 0.05) is 4.90 Å². The van der Waals surface area contributed by atoms with E-state index in [1.807, 2.05) is 0 Å². The molecule has 0 radical (unpaired) electrons. The monoisotopic (exact) mass is 420 g/mol. The predicted molar refractivity (Wildman–Crippen MR) is 85.2 cm³/mol. The van der Waals surface area contributed by atoms with Crippen LogP contribution in [0.1, 0.15) is 5.56 Å². The Labute approximate surface area is 152 Å². The summed E-state index contributed by atoms with van der Waals surface area (Å²) < 4.78 is 90.7. The van der Waals surface area contributed by atoms with Crippen LogP contribution in [0.5, 0.6) is 0 Å². The second-order valence-electron chi connectivity index (χ2n) is 5.03. The maximum atomic E-state index is 14.1. The Morgan fingerprint density at radius 1 is 1.15 bits per heavy atom. The van der Waals surface area contributed by atoms with E-state index in [0.717, 1.165) is 12.1 Å². The molecule has 26 heavy (non-hydrogen) atoms. The molecule has 0 aromatic heterocycles. The van der Waals surface area contributed by atoms with E-state index >= 15 is 0 Å². The van der Waals surface area contributed by atoms with Gasteiger partial charge in [0.2, 0.25) is 17.7 Å². The molecule has 0 aliphatic carbocycles. The molecule has 144 valence electrons. The first-order chi connectivity index (χ1) is 12.1. The lowest BCUT2D eigenvalue weighted by Gasteiger charge is -2.20. The molecule has 2 rings (SSSR count). The second-order valence-corrected chi connectivity index (χ2v) is 7.09. The van der Waals surface area contributed by atoms with Crippen molar-refractivity contribution < 1.29 is 35.5 Å². The molecule has 1 heterocycles. The maximum Gasteiger partial charge on any atom is 0.288 e. The van der Waals surface area contributed by atoms with E-state index in [-0.39, 0.29) is 32.9 Å². The Kier molecular flexibility index (Phi) is 6.83. The number of rotatable bonds is 6. The fourth-order valence-electron chi connectivity index (χ4n) is 1.94. The van der Waals surface area contributed by atoms with E-state index < -0.39 is 47.2 Å². The number of thioether (sulfide) groups is 2. The normalized spacial score (nSPS) is 19.1. The van der Waals surface area contributed by atoms with Gasteiger partial charge in [0.15, 0.2) is 5.17 Å². The first-order valence-electron chi connectivity index (χ1n) is 6.96. The van der Waals surface area contributed by atoms with Gasteiger partial charge in [0.05, 0.1) is 5.75 Å². The minimum absolute atomic E-state index is 0.0509. The topological polar surface area (TPSA) is 32.7 Å². The molecule has 1 aromatic carbocycles. The van der Waals surface area contributed by atoms with Crippen molar-refractivity contribution in [2.75, 3.05) is 5.75 Å². The summed E-state index contributed by atoms with van der Waals surface area (Å²) in [5, 5.41) is -0.493. The Bertz CT molecular complexity index is 717.